The number of hydrogen-bond donors (Lipinski definition) is 0. The fourth-order valence-electron chi connectivity index (χ4n) is 1.19. The van der Waals surface area contributed by atoms with E-state index in [1.54, 1.807) is 6.08 Å². The van der Waals surface area contributed by atoms with Crippen molar-refractivity contribution in [2.45, 2.75) is 45.7 Å². The minimum Gasteiger partial charge on any atom is -0.352 e. The van der Waals surface area contributed by atoms with Gasteiger partial charge in [0.15, 0.2) is 16.6 Å². The van der Waals surface area contributed by atoms with Crippen molar-refractivity contribution in [2.24, 2.45) is 0 Å². The summed E-state index contributed by atoms with van der Waals surface area (Å²) < 4.78 is 24.1. The molecule has 0 unspecified atom stereocenters. The molecule has 0 radical (unpaired) electrons. The summed E-state index contributed by atoms with van der Waals surface area (Å²) in [5.74, 6) is 0. The van der Waals surface area contributed by atoms with Crippen LogP contribution in [-0.4, -0.2) is 22.8 Å². The van der Waals surface area contributed by atoms with Gasteiger partial charge in [0.2, 0.25) is 0 Å². The molecule has 0 aromatic heterocycles. The van der Waals surface area contributed by atoms with Crippen LogP contribution < -0.4 is 0 Å². The molecule has 0 aromatic rings. The van der Waals surface area contributed by atoms with Gasteiger partial charge in [-0.3, -0.25) is 4.57 Å². The first-order chi connectivity index (χ1) is 6.97. The lowest BCUT2D eigenvalue weighted by Crippen LogP contribution is -2.30. The van der Waals surface area contributed by atoms with E-state index < -0.39 is 24.2 Å². The minimum atomic E-state index is -2.93. The molecule has 0 fully saturated rings. The van der Waals surface area contributed by atoms with Gasteiger partial charge in [0.1, 0.15) is 0 Å². The van der Waals surface area contributed by atoms with Crippen LogP contribution in [0, 0.1) is 0 Å². The third kappa shape index (κ3) is 8.47. The Bertz CT molecular complexity index is 259. The molecule has 0 N–H and O–H groups in total. The first-order valence-electron chi connectivity index (χ1n) is 5.59. The molecule has 0 rings (SSSR count). The average Bonchev–Trinajstić information content (AvgIpc) is 1.93. The Morgan fingerprint density at radius 1 is 1.06 bits per heavy atom. The van der Waals surface area contributed by atoms with Gasteiger partial charge in [0.05, 0.1) is 6.16 Å². The Morgan fingerprint density at radius 2 is 1.44 bits per heavy atom. The van der Waals surface area contributed by atoms with Crippen molar-refractivity contribution < 1.29 is 13.0 Å². The maximum atomic E-state index is 12.6. The fraction of sp³-hybridized carbons (Fsp3) is 0.800. The Labute approximate surface area is 102 Å². The van der Waals surface area contributed by atoms with Crippen LogP contribution in [0.25, 0.3) is 0 Å². The lowest BCUT2D eigenvalue weighted by molar-refractivity contribution is 0.383. The molecule has 0 heterocycles. The van der Waals surface area contributed by atoms with E-state index in [9.17, 15) is 4.57 Å². The molecule has 0 atom stereocenters. The second-order valence-electron chi connectivity index (χ2n) is 5.82. The van der Waals surface area contributed by atoms with Gasteiger partial charge in [-0.2, -0.15) is 0 Å². The predicted molar refractivity (Wildman–Crippen MR) is 76.1 cm³/mol. The summed E-state index contributed by atoms with van der Waals surface area (Å²) in [5.41, 5.74) is 0. The molecule has 0 aliphatic heterocycles. The van der Waals surface area contributed by atoms with Crippen LogP contribution in [0.15, 0.2) is 12.7 Å². The summed E-state index contributed by atoms with van der Waals surface area (Å²) in [5, 5.41) is 0. The Hall–Kier alpha value is 0.324. The Balaban J connectivity index is 4.75. The molecule has 96 valence electrons. The van der Waals surface area contributed by atoms with Crippen molar-refractivity contribution in [1.29, 1.82) is 0 Å². The summed E-state index contributed by atoms with van der Waals surface area (Å²) in [6, 6.07) is 0. The van der Waals surface area contributed by atoms with Crippen LogP contribution in [0.2, 0.25) is 39.3 Å². The summed E-state index contributed by atoms with van der Waals surface area (Å²) in [6.07, 6.45) is 2.88. The SMILES string of the molecule is C=CCCP(=O)(O[Si](C)(C)C)O[Si](C)(C)C. The van der Waals surface area contributed by atoms with Crippen molar-refractivity contribution in [3.63, 3.8) is 0 Å². The molecule has 16 heavy (non-hydrogen) atoms. The summed E-state index contributed by atoms with van der Waals surface area (Å²) in [6.45, 7) is 15.8. The molecule has 0 saturated heterocycles. The average molecular weight is 280 g/mol. The molecule has 0 saturated carbocycles. The van der Waals surface area contributed by atoms with Crippen LogP contribution in [-0.2, 0) is 13.0 Å². The van der Waals surface area contributed by atoms with Crippen LogP contribution in [0.3, 0.4) is 0 Å². The van der Waals surface area contributed by atoms with Gasteiger partial charge >= 0.3 is 7.60 Å². The number of rotatable bonds is 7. The van der Waals surface area contributed by atoms with E-state index in [4.69, 9.17) is 8.43 Å². The fourth-order valence-corrected chi connectivity index (χ4v) is 9.58. The topological polar surface area (TPSA) is 35.5 Å². The largest absolute Gasteiger partial charge is 0.352 e. The molecule has 0 spiro atoms. The molecule has 0 aliphatic rings. The van der Waals surface area contributed by atoms with E-state index in [0.29, 0.717) is 12.6 Å². The van der Waals surface area contributed by atoms with Crippen molar-refractivity contribution in [2.75, 3.05) is 6.16 Å². The molecule has 0 amide bonds. The highest BCUT2D eigenvalue weighted by molar-refractivity contribution is 7.57. The molecule has 0 aliphatic carbocycles. The van der Waals surface area contributed by atoms with Gasteiger partial charge in [-0.1, -0.05) is 6.08 Å². The maximum absolute atomic E-state index is 12.6. The van der Waals surface area contributed by atoms with Gasteiger partial charge in [-0.15, -0.1) is 6.58 Å². The highest BCUT2D eigenvalue weighted by Gasteiger charge is 2.35. The van der Waals surface area contributed by atoms with Crippen LogP contribution >= 0.6 is 7.60 Å². The van der Waals surface area contributed by atoms with E-state index in [0.717, 1.165) is 0 Å². The van der Waals surface area contributed by atoms with Crippen molar-refractivity contribution in [3.8, 4) is 0 Å². The second kappa shape index (κ2) is 5.78. The van der Waals surface area contributed by atoms with Crippen molar-refractivity contribution in [1.82, 2.24) is 0 Å². The Kier molecular flexibility index (Phi) is 5.90. The van der Waals surface area contributed by atoms with E-state index in [-0.39, 0.29) is 0 Å². The first-order valence-corrected chi connectivity index (χ1v) is 14.1. The van der Waals surface area contributed by atoms with Gasteiger partial charge in [0.25, 0.3) is 0 Å². The van der Waals surface area contributed by atoms with Crippen LogP contribution in [0.4, 0.5) is 0 Å². The van der Waals surface area contributed by atoms with E-state index in [1.807, 2.05) is 39.3 Å². The van der Waals surface area contributed by atoms with E-state index in [1.165, 1.54) is 0 Å². The summed E-state index contributed by atoms with van der Waals surface area (Å²) >= 11 is 0. The van der Waals surface area contributed by atoms with Gasteiger partial charge in [-0.25, -0.2) is 0 Å². The third-order valence-electron chi connectivity index (χ3n) is 1.43. The quantitative estimate of drug-likeness (QED) is 0.392. The lowest BCUT2D eigenvalue weighted by atomic mass is 10.5. The predicted octanol–water partition coefficient (Wildman–Crippen LogP) is 4.46. The molecule has 3 nitrogen and oxygen atoms in total. The molecular formula is C10H25O3PSi2. The van der Waals surface area contributed by atoms with E-state index in [2.05, 4.69) is 6.58 Å². The van der Waals surface area contributed by atoms with Gasteiger partial charge in [0, 0.05) is 0 Å². The van der Waals surface area contributed by atoms with Crippen molar-refractivity contribution >= 4 is 24.2 Å². The standard InChI is InChI=1S/C10H25O3PSi2/c1-8-9-10-14(11,12-15(2,3)4)13-16(5,6)7/h8H,1,9-10H2,2-7H3. The summed E-state index contributed by atoms with van der Waals surface area (Å²) in [7, 11) is -6.61. The second-order valence-corrected chi connectivity index (χ2v) is 17.4. The zero-order valence-corrected chi connectivity index (χ0v) is 14.3. The normalized spacial score (nSPS) is 13.9. The zero-order chi connectivity index (χ0) is 13.0. The van der Waals surface area contributed by atoms with Crippen LogP contribution in [0.5, 0.6) is 0 Å². The maximum Gasteiger partial charge on any atom is 0.311 e. The monoisotopic (exact) mass is 280 g/mol. The zero-order valence-electron chi connectivity index (χ0n) is 11.4. The van der Waals surface area contributed by atoms with E-state index >= 15 is 0 Å². The molecule has 6 heteroatoms. The highest BCUT2D eigenvalue weighted by Crippen LogP contribution is 2.53. The minimum absolute atomic E-state index is 0.449. The summed E-state index contributed by atoms with van der Waals surface area (Å²) in [4.78, 5) is 0. The van der Waals surface area contributed by atoms with Crippen molar-refractivity contribution in [3.05, 3.63) is 12.7 Å². The lowest BCUT2D eigenvalue weighted by Gasteiger charge is -2.30. The molecule has 0 bridgehead atoms. The molecular weight excluding hydrogens is 255 g/mol. The number of allylic oxidation sites excluding steroid dienone is 1. The Morgan fingerprint density at radius 3 is 1.69 bits per heavy atom. The third-order valence-corrected chi connectivity index (χ3v) is 8.85. The number of hydrogen-bond acceptors (Lipinski definition) is 3. The first kappa shape index (κ1) is 16.3. The van der Waals surface area contributed by atoms with Gasteiger partial charge < -0.3 is 8.43 Å². The smallest absolute Gasteiger partial charge is 0.311 e. The van der Waals surface area contributed by atoms with Crippen LogP contribution in [0.1, 0.15) is 6.42 Å². The highest BCUT2D eigenvalue weighted by atomic mass is 31.2. The molecule has 0 aromatic carbocycles. The van der Waals surface area contributed by atoms with Gasteiger partial charge in [-0.05, 0) is 45.7 Å².